The van der Waals surface area contributed by atoms with Gasteiger partial charge in [0.1, 0.15) is 0 Å². The van der Waals surface area contributed by atoms with Crippen LogP contribution in [0.2, 0.25) is 5.22 Å². The molecular weight excluding hydrogens is 212 g/mol. The van der Waals surface area contributed by atoms with Gasteiger partial charge < -0.3 is 10.2 Å². The van der Waals surface area contributed by atoms with Crippen LogP contribution in [0.25, 0.3) is 0 Å². The monoisotopic (exact) mass is 222 g/mol. The maximum atomic E-state index is 5.99. The lowest BCUT2D eigenvalue weighted by Gasteiger charge is -2.08. The van der Waals surface area contributed by atoms with E-state index in [1.54, 1.807) is 12.3 Å². The fourth-order valence-corrected chi connectivity index (χ4v) is 1.68. The van der Waals surface area contributed by atoms with Gasteiger partial charge in [0.25, 0.3) is 0 Å². The van der Waals surface area contributed by atoms with Gasteiger partial charge in [-0.3, -0.25) is 4.98 Å². The van der Waals surface area contributed by atoms with E-state index in [4.69, 9.17) is 21.8 Å². The highest BCUT2D eigenvalue weighted by Gasteiger charge is 2.13. The van der Waals surface area contributed by atoms with Crippen molar-refractivity contribution in [2.24, 2.45) is 5.73 Å². The summed E-state index contributed by atoms with van der Waals surface area (Å²) in [5, 5.41) is 0.360. The number of rotatable bonds is 3. The highest BCUT2D eigenvalue weighted by molar-refractivity contribution is 6.29. The molecule has 2 aromatic rings. The SMILES string of the molecule is NC(Cc1ccccn1)c1ccoc1Cl. The Balaban J connectivity index is 2.11. The van der Waals surface area contributed by atoms with E-state index in [-0.39, 0.29) is 6.04 Å². The third-order valence-corrected chi connectivity index (χ3v) is 2.51. The summed E-state index contributed by atoms with van der Waals surface area (Å²) in [6.07, 6.45) is 3.94. The van der Waals surface area contributed by atoms with Gasteiger partial charge in [-0.1, -0.05) is 6.07 Å². The van der Waals surface area contributed by atoms with Crippen LogP contribution in [0, 0.1) is 0 Å². The maximum Gasteiger partial charge on any atom is 0.197 e. The number of furan rings is 1. The van der Waals surface area contributed by atoms with Crippen molar-refractivity contribution >= 4 is 11.6 Å². The highest BCUT2D eigenvalue weighted by Crippen LogP contribution is 2.24. The Hall–Kier alpha value is -1.32. The van der Waals surface area contributed by atoms with E-state index >= 15 is 0 Å². The first-order chi connectivity index (χ1) is 7.27. The minimum atomic E-state index is -0.175. The molecule has 3 nitrogen and oxygen atoms in total. The molecule has 2 aromatic heterocycles. The molecular formula is C11H11ClN2O. The first-order valence-corrected chi connectivity index (χ1v) is 5.03. The van der Waals surface area contributed by atoms with Gasteiger partial charge in [-0.05, 0) is 29.8 Å². The summed E-state index contributed by atoms with van der Waals surface area (Å²) in [4.78, 5) is 4.20. The Morgan fingerprint density at radius 2 is 2.27 bits per heavy atom. The topological polar surface area (TPSA) is 52.0 Å². The molecule has 0 amide bonds. The Morgan fingerprint density at radius 1 is 1.40 bits per heavy atom. The van der Waals surface area contributed by atoms with Gasteiger partial charge in [-0.25, -0.2) is 0 Å². The van der Waals surface area contributed by atoms with Crippen molar-refractivity contribution in [2.45, 2.75) is 12.5 Å². The molecule has 78 valence electrons. The molecule has 4 heteroatoms. The van der Waals surface area contributed by atoms with Crippen molar-refractivity contribution in [3.63, 3.8) is 0 Å². The van der Waals surface area contributed by atoms with Gasteiger partial charge >= 0.3 is 0 Å². The Bertz CT molecular complexity index is 427. The molecule has 1 atom stereocenters. The summed E-state index contributed by atoms with van der Waals surface area (Å²) < 4.78 is 4.99. The second-order valence-electron chi connectivity index (χ2n) is 3.28. The number of pyridine rings is 1. The van der Waals surface area contributed by atoms with E-state index in [1.807, 2.05) is 18.2 Å². The highest BCUT2D eigenvalue weighted by atomic mass is 35.5. The van der Waals surface area contributed by atoms with Gasteiger partial charge in [0.2, 0.25) is 0 Å². The summed E-state index contributed by atoms with van der Waals surface area (Å²) in [6.45, 7) is 0. The molecule has 2 N–H and O–H groups in total. The first kappa shape index (κ1) is 10.2. The largest absolute Gasteiger partial charge is 0.453 e. The van der Waals surface area contributed by atoms with E-state index in [2.05, 4.69) is 4.98 Å². The molecule has 2 rings (SSSR count). The standard InChI is InChI=1S/C11H11ClN2O/c12-11-9(4-6-15-11)10(13)7-8-3-1-2-5-14-8/h1-6,10H,7,13H2. The summed E-state index contributed by atoms with van der Waals surface area (Å²) in [6, 6.07) is 7.36. The molecule has 1 unspecified atom stereocenters. The molecule has 0 aliphatic rings. The van der Waals surface area contributed by atoms with Gasteiger partial charge in [0.15, 0.2) is 5.22 Å². The van der Waals surface area contributed by atoms with Crippen molar-refractivity contribution in [1.29, 1.82) is 0 Å². The lowest BCUT2D eigenvalue weighted by atomic mass is 10.1. The summed E-state index contributed by atoms with van der Waals surface area (Å²) in [7, 11) is 0. The van der Waals surface area contributed by atoms with E-state index in [0.717, 1.165) is 11.3 Å². The normalized spacial score (nSPS) is 12.7. The van der Waals surface area contributed by atoms with E-state index in [1.165, 1.54) is 6.26 Å². The number of nitrogens with two attached hydrogens (primary N) is 1. The fraction of sp³-hybridized carbons (Fsp3) is 0.182. The molecule has 0 aliphatic carbocycles. The van der Waals surface area contributed by atoms with Crippen molar-refractivity contribution < 1.29 is 4.42 Å². The van der Waals surface area contributed by atoms with Gasteiger partial charge in [0, 0.05) is 29.9 Å². The first-order valence-electron chi connectivity index (χ1n) is 4.66. The van der Waals surface area contributed by atoms with Gasteiger partial charge in [-0.2, -0.15) is 0 Å². The molecule has 0 aliphatic heterocycles. The number of hydrogen-bond acceptors (Lipinski definition) is 3. The minimum Gasteiger partial charge on any atom is -0.453 e. The lowest BCUT2D eigenvalue weighted by Crippen LogP contribution is -2.13. The van der Waals surface area contributed by atoms with Crippen LogP contribution in [0.15, 0.2) is 41.1 Å². The average Bonchev–Trinajstić information content (AvgIpc) is 2.66. The molecule has 0 saturated heterocycles. The Kier molecular flexibility index (Phi) is 3.04. The van der Waals surface area contributed by atoms with Crippen LogP contribution in [0.5, 0.6) is 0 Å². The average molecular weight is 223 g/mol. The predicted octanol–water partition coefficient (Wildman–Crippen LogP) is 2.57. The van der Waals surface area contributed by atoms with Crippen LogP contribution in [-0.2, 0) is 6.42 Å². The van der Waals surface area contributed by atoms with Crippen LogP contribution in [0.4, 0.5) is 0 Å². The minimum absolute atomic E-state index is 0.175. The molecule has 0 bridgehead atoms. The van der Waals surface area contributed by atoms with Gasteiger partial charge in [-0.15, -0.1) is 0 Å². The van der Waals surface area contributed by atoms with Crippen molar-refractivity contribution in [3.05, 3.63) is 53.2 Å². The molecule has 0 saturated carbocycles. The number of halogens is 1. The predicted molar refractivity (Wildman–Crippen MR) is 58.6 cm³/mol. The maximum absolute atomic E-state index is 5.99. The van der Waals surface area contributed by atoms with Crippen LogP contribution >= 0.6 is 11.6 Å². The zero-order chi connectivity index (χ0) is 10.7. The lowest BCUT2D eigenvalue weighted by molar-refractivity contribution is 0.560. The van der Waals surface area contributed by atoms with Crippen LogP contribution in [-0.4, -0.2) is 4.98 Å². The van der Waals surface area contributed by atoms with Crippen molar-refractivity contribution in [3.8, 4) is 0 Å². The van der Waals surface area contributed by atoms with Crippen LogP contribution < -0.4 is 5.73 Å². The Labute approximate surface area is 92.9 Å². The zero-order valence-electron chi connectivity index (χ0n) is 8.06. The van der Waals surface area contributed by atoms with Crippen LogP contribution in [0.3, 0.4) is 0 Å². The molecule has 15 heavy (non-hydrogen) atoms. The third-order valence-electron chi connectivity index (χ3n) is 2.20. The van der Waals surface area contributed by atoms with Gasteiger partial charge in [0.05, 0.1) is 6.26 Å². The number of aromatic nitrogens is 1. The summed E-state index contributed by atoms with van der Waals surface area (Å²) in [5.41, 5.74) is 7.76. The quantitative estimate of drug-likeness (QED) is 0.869. The van der Waals surface area contributed by atoms with Crippen molar-refractivity contribution in [1.82, 2.24) is 4.98 Å². The molecule has 0 spiro atoms. The second kappa shape index (κ2) is 4.47. The summed E-state index contributed by atoms with van der Waals surface area (Å²) >= 11 is 5.83. The molecule has 0 aromatic carbocycles. The summed E-state index contributed by atoms with van der Waals surface area (Å²) in [5.74, 6) is 0. The third kappa shape index (κ3) is 2.37. The smallest absolute Gasteiger partial charge is 0.197 e. The van der Waals surface area contributed by atoms with Crippen molar-refractivity contribution in [2.75, 3.05) is 0 Å². The van der Waals surface area contributed by atoms with Crippen LogP contribution in [0.1, 0.15) is 17.3 Å². The van der Waals surface area contributed by atoms with E-state index in [9.17, 15) is 0 Å². The molecule has 0 fully saturated rings. The fourth-order valence-electron chi connectivity index (χ4n) is 1.42. The number of hydrogen-bond donors (Lipinski definition) is 1. The zero-order valence-corrected chi connectivity index (χ0v) is 8.82. The molecule has 0 radical (unpaired) electrons. The second-order valence-corrected chi connectivity index (χ2v) is 3.62. The Morgan fingerprint density at radius 3 is 2.87 bits per heavy atom. The van der Waals surface area contributed by atoms with E-state index < -0.39 is 0 Å². The van der Waals surface area contributed by atoms with E-state index in [0.29, 0.717) is 11.6 Å². The molecule has 2 heterocycles. The number of nitrogens with zero attached hydrogens (tertiary/aromatic N) is 1.